The van der Waals surface area contributed by atoms with Gasteiger partial charge in [-0.2, -0.15) is 0 Å². The third-order valence-corrected chi connectivity index (χ3v) is 5.31. The first-order valence-corrected chi connectivity index (χ1v) is 8.67. The van der Waals surface area contributed by atoms with Crippen LogP contribution in [0.4, 0.5) is 0 Å². The predicted molar refractivity (Wildman–Crippen MR) is 93.8 cm³/mol. The van der Waals surface area contributed by atoms with E-state index in [0.717, 1.165) is 42.5 Å². The number of hydrogen-bond acceptors (Lipinski definition) is 4. The molecule has 2 aliphatic rings. The lowest BCUT2D eigenvalue weighted by Crippen LogP contribution is -3.11. The van der Waals surface area contributed by atoms with E-state index in [1.165, 1.54) is 16.7 Å². The molecular formula is C20H24NO4+. The molecule has 2 aromatic rings. The van der Waals surface area contributed by atoms with Gasteiger partial charge in [-0.25, -0.2) is 0 Å². The number of methoxy groups -OCH3 is 2. The third-order valence-electron chi connectivity index (χ3n) is 5.31. The fraction of sp³-hybridized carbons (Fsp3) is 0.400. The molecule has 2 aromatic carbocycles. The van der Waals surface area contributed by atoms with Crippen molar-refractivity contribution in [2.75, 3.05) is 27.6 Å². The van der Waals surface area contributed by atoms with Crippen molar-refractivity contribution in [1.29, 1.82) is 0 Å². The number of nitrogens with one attached hydrogen (secondary N) is 1. The summed E-state index contributed by atoms with van der Waals surface area (Å²) in [6.07, 6.45) is 1.04. The standard InChI is InChI=1S/C20H23NO4/c1-13-16-10-19(23-3)18(22-2)9-15(16)6-7-21(13)11-14-4-5-17-20(8-14)25-12-24-17/h4-5,8-10,13H,6-7,11-12H2,1-3H3/p+1/t13-/m0/s1. The highest BCUT2D eigenvalue weighted by Crippen LogP contribution is 2.35. The number of quaternary nitrogens is 1. The highest BCUT2D eigenvalue weighted by atomic mass is 16.7. The number of hydrogen-bond donors (Lipinski definition) is 1. The summed E-state index contributed by atoms with van der Waals surface area (Å²) in [5.41, 5.74) is 3.98. The SMILES string of the molecule is COc1cc2c(cc1OC)[C@H](C)[NH+](Cc1ccc3c(c1)OCO3)CC2. The Kier molecular flexibility index (Phi) is 4.17. The molecule has 0 fully saturated rings. The molecule has 0 saturated carbocycles. The van der Waals surface area contributed by atoms with Crippen LogP contribution < -0.4 is 23.8 Å². The van der Waals surface area contributed by atoms with Crippen molar-refractivity contribution in [3.05, 3.63) is 47.0 Å². The second-order valence-corrected chi connectivity index (χ2v) is 6.65. The summed E-state index contributed by atoms with van der Waals surface area (Å²) in [6.45, 7) is 4.66. The summed E-state index contributed by atoms with van der Waals surface area (Å²) in [5, 5.41) is 0. The lowest BCUT2D eigenvalue weighted by Gasteiger charge is -2.33. The molecule has 0 spiro atoms. The fourth-order valence-electron chi connectivity index (χ4n) is 3.84. The molecule has 2 heterocycles. The Morgan fingerprint density at radius 2 is 1.80 bits per heavy atom. The summed E-state index contributed by atoms with van der Waals surface area (Å²) in [6, 6.07) is 10.9. The van der Waals surface area contributed by atoms with E-state index in [1.807, 2.05) is 6.07 Å². The van der Waals surface area contributed by atoms with Crippen LogP contribution in [-0.2, 0) is 13.0 Å². The van der Waals surface area contributed by atoms with Crippen LogP contribution >= 0.6 is 0 Å². The smallest absolute Gasteiger partial charge is 0.231 e. The van der Waals surface area contributed by atoms with Gasteiger partial charge in [0.15, 0.2) is 23.0 Å². The fourth-order valence-corrected chi connectivity index (χ4v) is 3.84. The number of rotatable bonds is 4. The van der Waals surface area contributed by atoms with E-state index in [1.54, 1.807) is 19.1 Å². The van der Waals surface area contributed by atoms with E-state index in [0.29, 0.717) is 12.8 Å². The molecule has 5 heteroatoms. The maximum atomic E-state index is 5.51. The van der Waals surface area contributed by atoms with Gasteiger partial charge in [-0.15, -0.1) is 0 Å². The van der Waals surface area contributed by atoms with Crippen LogP contribution in [0.5, 0.6) is 23.0 Å². The molecule has 0 aromatic heterocycles. The van der Waals surface area contributed by atoms with Gasteiger partial charge in [-0.05, 0) is 42.8 Å². The Morgan fingerprint density at radius 1 is 1.04 bits per heavy atom. The van der Waals surface area contributed by atoms with E-state index in [9.17, 15) is 0 Å². The van der Waals surface area contributed by atoms with Crippen molar-refractivity contribution in [3.8, 4) is 23.0 Å². The normalized spacial score (nSPS) is 20.9. The zero-order valence-electron chi connectivity index (χ0n) is 14.9. The summed E-state index contributed by atoms with van der Waals surface area (Å²) in [5.74, 6) is 3.31. The second-order valence-electron chi connectivity index (χ2n) is 6.65. The predicted octanol–water partition coefficient (Wildman–Crippen LogP) is 2.13. The second kappa shape index (κ2) is 6.48. The maximum absolute atomic E-state index is 5.51. The van der Waals surface area contributed by atoms with E-state index >= 15 is 0 Å². The molecule has 0 amide bonds. The molecule has 25 heavy (non-hydrogen) atoms. The molecule has 4 rings (SSSR count). The molecule has 0 bridgehead atoms. The average Bonchev–Trinajstić information content (AvgIpc) is 3.11. The Hall–Kier alpha value is -2.40. The Labute approximate surface area is 148 Å². The zero-order valence-corrected chi connectivity index (χ0v) is 14.9. The van der Waals surface area contributed by atoms with E-state index < -0.39 is 0 Å². The Balaban J connectivity index is 1.57. The number of fused-ring (bicyclic) bond motifs is 2. The molecule has 0 aliphatic carbocycles. The number of benzene rings is 2. The van der Waals surface area contributed by atoms with Gasteiger partial charge in [0.2, 0.25) is 6.79 Å². The quantitative estimate of drug-likeness (QED) is 0.924. The van der Waals surface area contributed by atoms with Crippen molar-refractivity contribution in [1.82, 2.24) is 0 Å². The lowest BCUT2D eigenvalue weighted by atomic mass is 9.92. The summed E-state index contributed by atoms with van der Waals surface area (Å²) in [4.78, 5) is 1.54. The van der Waals surface area contributed by atoms with Crippen molar-refractivity contribution >= 4 is 0 Å². The van der Waals surface area contributed by atoms with Crippen LogP contribution in [0.15, 0.2) is 30.3 Å². The minimum atomic E-state index is 0.320. The van der Waals surface area contributed by atoms with Crippen LogP contribution in [-0.4, -0.2) is 27.6 Å². The topological polar surface area (TPSA) is 41.4 Å². The lowest BCUT2D eigenvalue weighted by molar-refractivity contribution is -0.945. The molecule has 132 valence electrons. The first-order valence-electron chi connectivity index (χ1n) is 8.67. The molecule has 0 radical (unpaired) electrons. The Morgan fingerprint density at radius 3 is 2.60 bits per heavy atom. The molecule has 2 aliphatic heterocycles. The van der Waals surface area contributed by atoms with Gasteiger partial charge in [-0.3, -0.25) is 0 Å². The molecule has 1 unspecified atom stereocenters. The summed E-state index contributed by atoms with van der Waals surface area (Å²) in [7, 11) is 3.38. The molecule has 5 nitrogen and oxygen atoms in total. The summed E-state index contributed by atoms with van der Waals surface area (Å²) >= 11 is 0. The molecule has 0 saturated heterocycles. The van der Waals surface area contributed by atoms with Gasteiger partial charge in [-0.1, -0.05) is 0 Å². The first-order chi connectivity index (χ1) is 12.2. The van der Waals surface area contributed by atoms with Crippen molar-refractivity contribution in [2.24, 2.45) is 0 Å². The monoisotopic (exact) mass is 342 g/mol. The first kappa shape index (κ1) is 16.1. The highest BCUT2D eigenvalue weighted by Gasteiger charge is 2.29. The van der Waals surface area contributed by atoms with Crippen LogP contribution in [0.25, 0.3) is 0 Å². The molecule has 2 atom stereocenters. The van der Waals surface area contributed by atoms with Gasteiger partial charge < -0.3 is 23.8 Å². The van der Waals surface area contributed by atoms with Crippen LogP contribution in [0.3, 0.4) is 0 Å². The minimum Gasteiger partial charge on any atom is -0.493 e. The van der Waals surface area contributed by atoms with Crippen LogP contribution in [0.1, 0.15) is 29.7 Å². The van der Waals surface area contributed by atoms with E-state index in [2.05, 4.69) is 31.2 Å². The van der Waals surface area contributed by atoms with Gasteiger partial charge in [0.1, 0.15) is 12.6 Å². The van der Waals surface area contributed by atoms with Gasteiger partial charge in [0, 0.05) is 17.5 Å². The maximum Gasteiger partial charge on any atom is 0.231 e. The van der Waals surface area contributed by atoms with Crippen LogP contribution in [0.2, 0.25) is 0 Å². The van der Waals surface area contributed by atoms with Crippen molar-refractivity contribution < 1.29 is 23.8 Å². The minimum absolute atomic E-state index is 0.320. The average molecular weight is 342 g/mol. The van der Waals surface area contributed by atoms with Gasteiger partial charge >= 0.3 is 0 Å². The van der Waals surface area contributed by atoms with Crippen LogP contribution in [0, 0.1) is 0 Å². The third kappa shape index (κ3) is 2.89. The van der Waals surface area contributed by atoms with E-state index in [-0.39, 0.29) is 0 Å². The van der Waals surface area contributed by atoms with Gasteiger partial charge in [0.25, 0.3) is 0 Å². The van der Waals surface area contributed by atoms with Crippen molar-refractivity contribution in [2.45, 2.75) is 25.9 Å². The van der Waals surface area contributed by atoms with Gasteiger partial charge in [0.05, 0.1) is 20.8 Å². The number of ether oxygens (including phenoxy) is 4. The highest BCUT2D eigenvalue weighted by molar-refractivity contribution is 5.48. The zero-order chi connectivity index (χ0) is 17.4. The summed E-state index contributed by atoms with van der Waals surface area (Å²) < 4.78 is 21.8. The molecule has 1 N–H and O–H groups in total. The molecular weight excluding hydrogens is 318 g/mol. The largest absolute Gasteiger partial charge is 0.493 e. The Bertz CT molecular complexity index is 790. The van der Waals surface area contributed by atoms with E-state index in [4.69, 9.17) is 18.9 Å². The van der Waals surface area contributed by atoms with Crippen molar-refractivity contribution in [3.63, 3.8) is 0 Å².